The molecule has 0 spiro atoms. The molecule has 3 nitrogen and oxygen atoms in total. The highest BCUT2D eigenvalue weighted by Gasteiger charge is 2.09. The summed E-state index contributed by atoms with van der Waals surface area (Å²) in [5.41, 5.74) is 1.08. The van der Waals surface area contributed by atoms with Crippen LogP contribution in [0.2, 0.25) is 0 Å². The van der Waals surface area contributed by atoms with Crippen LogP contribution in [0.1, 0.15) is 31.0 Å². The predicted octanol–water partition coefficient (Wildman–Crippen LogP) is 1.51. The number of H-pyrrole nitrogens is 1. The van der Waals surface area contributed by atoms with Gasteiger partial charge in [-0.05, 0) is 18.9 Å². The van der Waals surface area contributed by atoms with Gasteiger partial charge >= 0.3 is 0 Å². The van der Waals surface area contributed by atoms with E-state index in [4.69, 9.17) is 0 Å². The maximum atomic E-state index is 11.1. The first-order valence-corrected chi connectivity index (χ1v) is 3.95. The fourth-order valence-electron chi connectivity index (χ4n) is 1.15. The van der Waals surface area contributed by atoms with Crippen molar-refractivity contribution in [3.8, 4) is 5.75 Å². The Hall–Kier alpha value is -1.25. The van der Waals surface area contributed by atoms with Crippen molar-refractivity contribution in [3.05, 3.63) is 27.7 Å². The van der Waals surface area contributed by atoms with E-state index in [1.165, 1.54) is 0 Å². The maximum absolute atomic E-state index is 11.1. The van der Waals surface area contributed by atoms with Crippen molar-refractivity contribution in [2.24, 2.45) is 0 Å². The first-order valence-electron chi connectivity index (χ1n) is 3.95. The number of aryl methyl sites for hydroxylation is 1. The SMILES string of the molecule is Cc1cc(C(C)C)c(O)c(=O)[nH]1. The van der Waals surface area contributed by atoms with Crippen molar-refractivity contribution < 1.29 is 5.11 Å². The molecule has 0 unspecified atom stereocenters. The van der Waals surface area contributed by atoms with E-state index in [0.29, 0.717) is 5.56 Å². The van der Waals surface area contributed by atoms with Gasteiger partial charge in [0.1, 0.15) is 0 Å². The van der Waals surface area contributed by atoms with Gasteiger partial charge in [-0.2, -0.15) is 0 Å². The number of rotatable bonds is 1. The molecule has 1 aromatic heterocycles. The van der Waals surface area contributed by atoms with Crippen LogP contribution in [0.25, 0.3) is 0 Å². The van der Waals surface area contributed by atoms with Crippen molar-refractivity contribution in [2.75, 3.05) is 0 Å². The lowest BCUT2D eigenvalue weighted by molar-refractivity contribution is 0.455. The summed E-state index contributed by atoms with van der Waals surface area (Å²) in [6, 6.07) is 1.79. The monoisotopic (exact) mass is 167 g/mol. The summed E-state index contributed by atoms with van der Waals surface area (Å²) in [7, 11) is 0. The molecule has 0 aliphatic heterocycles. The predicted molar refractivity (Wildman–Crippen MR) is 47.6 cm³/mol. The number of pyridine rings is 1. The molecule has 0 radical (unpaired) electrons. The standard InChI is InChI=1S/C9H13NO2/c1-5(2)7-4-6(3)10-9(12)8(7)11/h4-5,11H,1-3H3,(H,10,12). The van der Waals surface area contributed by atoms with Crippen LogP contribution < -0.4 is 5.56 Å². The van der Waals surface area contributed by atoms with E-state index in [9.17, 15) is 9.90 Å². The molecule has 12 heavy (non-hydrogen) atoms. The molecule has 0 aromatic carbocycles. The molecular weight excluding hydrogens is 154 g/mol. The molecule has 0 fully saturated rings. The number of nitrogens with one attached hydrogen (secondary N) is 1. The van der Waals surface area contributed by atoms with Gasteiger partial charge in [-0.25, -0.2) is 0 Å². The average molecular weight is 167 g/mol. The molecule has 3 heteroatoms. The smallest absolute Gasteiger partial charge is 0.290 e. The molecule has 0 bridgehead atoms. The molecule has 0 saturated carbocycles. The molecule has 0 amide bonds. The topological polar surface area (TPSA) is 53.1 Å². The number of aromatic amines is 1. The van der Waals surface area contributed by atoms with E-state index in [2.05, 4.69) is 4.98 Å². The molecule has 1 aromatic rings. The van der Waals surface area contributed by atoms with Gasteiger partial charge < -0.3 is 10.1 Å². The molecule has 66 valence electrons. The molecule has 1 heterocycles. The molecular formula is C9H13NO2. The maximum Gasteiger partial charge on any atom is 0.290 e. The summed E-state index contributed by atoms with van der Waals surface area (Å²) < 4.78 is 0. The highest BCUT2D eigenvalue weighted by atomic mass is 16.3. The largest absolute Gasteiger partial charge is 0.503 e. The van der Waals surface area contributed by atoms with Gasteiger partial charge in [0, 0.05) is 11.3 Å². The molecule has 1 rings (SSSR count). The van der Waals surface area contributed by atoms with Gasteiger partial charge in [0.05, 0.1) is 0 Å². The van der Waals surface area contributed by atoms with Crippen molar-refractivity contribution in [1.82, 2.24) is 4.98 Å². The van der Waals surface area contributed by atoms with E-state index in [-0.39, 0.29) is 11.7 Å². The second-order valence-corrected chi connectivity index (χ2v) is 3.24. The van der Waals surface area contributed by atoms with Crippen molar-refractivity contribution in [1.29, 1.82) is 0 Å². The second kappa shape index (κ2) is 3.01. The summed E-state index contributed by atoms with van der Waals surface area (Å²) in [6.45, 7) is 5.68. The minimum atomic E-state index is -0.404. The Kier molecular flexibility index (Phi) is 2.22. The van der Waals surface area contributed by atoms with Crippen LogP contribution in [0.5, 0.6) is 5.75 Å². The molecule has 2 N–H and O–H groups in total. The zero-order chi connectivity index (χ0) is 9.30. The van der Waals surface area contributed by atoms with Crippen LogP contribution in [-0.4, -0.2) is 10.1 Å². The number of aromatic nitrogens is 1. The molecule has 0 saturated heterocycles. The third-order valence-corrected chi connectivity index (χ3v) is 1.79. The van der Waals surface area contributed by atoms with Crippen LogP contribution in [0, 0.1) is 6.92 Å². The normalized spacial score (nSPS) is 10.7. The Morgan fingerprint density at radius 3 is 2.58 bits per heavy atom. The number of hydrogen-bond acceptors (Lipinski definition) is 2. The third kappa shape index (κ3) is 1.49. The lowest BCUT2D eigenvalue weighted by Crippen LogP contribution is -2.09. The second-order valence-electron chi connectivity index (χ2n) is 3.24. The molecule has 0 aliphatic rings. The summed E-state index contributed by atoms with van der Waals surface area (Å²) in [5, 5.41) is 9.35. The Balaban J connectivity index is 3.38. The lowest BCUT2D eigenvalue weighted by atomic mass is 10.0. The molecule has 0 aliphatic carbocycles. The number of aromatic hydroxyl groups is 1. The Bertz CT molecular complexity index is 339. The summed E-state index contributed by atoms with van der Waals surface area (Å²) in [6.07, 6.45) is 0. The zero-order valence-corrected chi connectivity index (χ0v) is 7.51. The van der Waals surface area contributed by atoms with E-state index in [1.54, 1.807) is 13.0 Å². The summed E-state index contributed by atoms with van der Waals surface area (Å²) >= 11 is 0. The third-order valence-electron chi connectivity index (χ3n) is 1.79. The van der Waals surface area contributed by atoms with Gasteiger partial charge in [0.25, 0.3) is 5.56 Å². The van der Waals surface area contributed by atoms with Crippen LogP contribution in [-0.2, 0) is 0 Å². The lowest BCUT2D eigenvalue weighted by Gasteiger charge is -2.07. The van der Waals surface area contributed by atoms with Gasteiger partial charge in [0.2, 0.25) is 0 Å². The van der Waals surface area contributed by atoms with Gasteiger partial charge in [-0.3, -0.25) is 4.79 Å². The van der Waals surface area contributed by atoms with Crippen LogP contribution >= 0.6 is 0 Å². The van der Waals surface area contributed by atoms with Gasteiger partial charge in [-0.15, -0.1) is 0 Å². The Labute approximate surface area is 71.1 Å². The zero-order valence-electron chi connectivity index (χ0n) is 7.51. The van der Waals surface area contributed by atoms with Crippen molar-refractivity contribution in [3.63, 3.8) is 0 Å². The Morgan fingerprint density at radius 2 is 2.08 bits per heavy atom. The molecule has 0 atom stereocenters. The van der Waals surface area contributed by atoms with Crippen molar-refractivity contribution >= 4 is 0 Å². The minimum absolute atomic E-state index is 0.157. The summed E-state index contributed by atoms with van der Waals surface area (Å²) in [4.78, 5) is 13.6. The van der Waals surface area contributed by atoms with Gasteiger partial charge in [0.15, 0.2) is 5.75 Å². The van der Waals surface area contributed by atoms with Crippen LogP contribution in [0.3, 0.4) is 0 Å². The highest BCUT2D eigenvalue weighted by molar-refractivity contribution is 5.33. The minimum Gasteiger partial charge on any atom is -0.503 e. The van der Waals surface area contributed by atoms with Crippen molar-refractivity contribution in [2.45, 2.75) is 26.7 Å². The fraction of sp³-hybridized carbons (Fsp3) is 0.444. The summed E-state index contributed by atoms with van der Waals surface area (Å²) in [5.74, 6) is 0.0154. The fourth-order valence-corrected chi connectivity index (χ4v) is 1.15. The Morgan fingerprint density at radius 1 is 1.50 bits per heavy atom. The van der Waals surface area contributed by atoms with Crippen LogP contribution in [0.15, 0.2) is 10.9 Å². The van der Waals surface area contributed by atoms with E-state index in [0.717, 1.165) is 5.69 Å². The van der Waals surface area contributed by atoms with E-state index in [1.807, 2.05) is 13.8 Å². The quantitative estimate of drug-likeness (QED) is 0.666. The van der Waals surface area contributed by atoms with Gasteiger partial charge in [-0.1, -0.05) is 13.8 Å². The van der Waals surface area contributed by atoms with E-state index < -0.39 is 5.56 Å². The highest BCUT2D eigenvalue weighted by Crippen LogP contribution is 2.21. The number of hydrogen-bond donors (Lipinski definition) is 2. The first-order chi connectivity index (χ1) is 5.52. The first kappa shape index (κ1) is 8.84. The van der Waals surface area contributed by atoms with E-state index >= 15 is 0 Å². The average Bonchev–Trinajstić information content (AvgIpc) is 1.96. The van der Waals surface area contributed by atoms with Crippen LogP contribution in [0.4, 0.5) is 0 Å².